The van der Waals surface area contributed by atoms with E-state index in [4.69, 9.17) is 27.9 Å². The number of amides is 4. The van der Waals surface area contributed by atoms with Gasteiger partial charge < -0.3 is 9.64 Å². The molecule has 2 aliphatic rings. The molecule has 1 N–H and O–H groups in total. The molecule has 1 saturated heterocycles. The molecule has 0 radical (unpaired) electrons. The molecular formula is C27H29Cl2N3O4. The molecule has 2 aromatic carbocycles. The Labute approximate surface area is 221 Å². The summed E-state index contributed by atoms with van der Waals surface area (Å²) in [6.45, 7) is 9.71. The average Bonchev–Trinajstić information content (AvgIpc) is 2.81. The van der Waals surface area contributed by atoms with Crippen molar-refractivity contribution in [2.75, 3.05) is 23.5 Å². The number of fused-ring (bicyclic) bond motifs is 1. The summed E-state index contributed by atoms with van der Waals surface area (Å²) >= 11 is 12.1. The van der Waals surface area contributed by atoms with E-state index in [2.05, 4.69) is 37.9 Å². The van der Waals surface area contributed by atoms with Crippen LogP contribution in [0.5, 0.6) is 5.75 Å². The van der Waals surface area contributed by atoms with Crippen molar-refractivity contribution in [2.45, 2.75) is 52.0 Å². The molecule has 1 atom stereocenters. The van der Waals surface area contributed by atoms with E-state index < -0.39 is 17.8 Å². The highest BCUT2D eigenvalue weighted by molar-refractivity contribution is 6.43. The van der Waals surface area contributed by atoms with Crippen LogP contribution in [0.2, 0.25) is 10.0 Å². The third-order valence-corrected chi connectivity index (χ3v) is 7.49. The molecule has 0 saturated carbocycles. The minimum Gasteiger partial charge on any atom is -0.496 e. The van der Waals surface area contributed by atoms with Crippen molar-refractivity contribution in [3.63, 3.8) is 0 Å². The molecule has 190 valence electrons. The van der Waals surface area contributed by atoms with Crippen molar-refractivity contribution in [1.29, 1.82) is 0 Å². The van der Waals surface area contributed by atoms with Crippen molar-refractivity contribution >= 4 is 58.5 Å². The van der Waals surface area contributed by atoms with Gasteiger partial charge in [0.25, 0.3) is 11.8 Å². The molecule has 0 spiro atoms. The molecule has 0 aromatic heterocycles. The van der Waals surface area contributed by atoms with E-state index in [0.717, 1.165) is 35.5 Å². The Bertz CT molecular complexity index is 1290. The van der Waals surface area contributed by atoms with Gasteiger partial charge in [-0.25, -0.2) is 9.69 Å². The van der Waals surface area contributed by atoms with Gasteiger partial charge in [-0.1, -0.05) is 37.0 Å². The first kappa shape index (κ1) is 26.0. The van der Waals surface area contributed by atoms with Crippen LogP contribution in [0.15, 0.2) is 35.9 Å². The van der Waals surface area contributed by atoms with Gasteiger partial charge in [-0.3, -0.25) is 14.9 Å². The molecular weight excluding hydrogens is 501 g/mol. The number of benzene rings is 2. The molecule has 4 rings (SSSR count). The van der Waals surface area contributed by atoms with Crippen LogP contribution in [0.4, 0.5) is 16.2 Å². The first-order valence-corrected chi connectivity index (χ1v) is 12.6. The summed E-state index contributed by atoms with van der Waals surface area (Å²) in [6, 6.07) is 7.47. The van der Waals surface area contributed by atoms with Gasteiger partial charge >= 0.3 is 6.03 Å². The predicted molar refractivity (Wildman–Crippen MR) is 143 cm³/mol. The zero-order valence-electron chi connectivity index (χ0n) is 20.9. The molecule has 9 heteroatoms. The number of methoxy groups -OCH3 is 1. The zero-order valence-corrected chi connectivity index (χ0v) is 22.5. The monoisotopic (exact) mass is 529 g/mol. The molecule has 0 aliphatic carbocycles. The number of halogens is 2. The van der Waals surface area contributed by atoms with Crippen LogP contribution in [0.25, 0.3) is 6.08 Å². The zero-order chi connectivity index (χ0) is 26.4. The number of carbonyl (C=O) groups excluding carboxylic acids is 3. The summed E-state index contributed by atoms with van der Waals surface area (Å²) in [4.78, 5) is 42.0. The van der Waals surface area contributed by atoms with Crippen molar-refractivity contribution in [2.24, 2.45) is 0 Å². The van der Waals surface area contributed by atoms with Crippen molar-refractivity contribution in [3.8, 4) is 5.75 Å². The van der Waals surface area contributed by atoms with E-state index in [-0.39, 0.29) is 32.8 Å². The largest absolute Gasteiger partial charge is 0.496 e. The number of carbonyl (C=O) groups is 3. The second kappa shape index (κ2) is 9.79. The third kappa shape index (κ3) is 4.58. The number of barbiturate groups is 1. The topological polar surface area (TPSA) is 79.0 Å². The van der Waals surface area contributed by atoms with E-state index in [0.29, 0.717) is 11.3 Å². The number of hydrogen-bond acceptors (Lipinski definition) is 5. The Morgan fingerprint density at radius 2 is 1.86 bits per heavy atom. The number of imide groups is 2. The van der Waals surface area contributed by atoms with Gasteiger partial charge in [-0.05, 0) is 68.5 Å². The fourth-order valence-corrected chi connectivity index (χ4v) is 5.43. The molecule has 7 nitrogen and oxygen atoms in total. The maximum absolute atomic E-state index is 13.4. The van der Waals surface area contributed by atoms with Gasteiger partial charge in [-0.15, -0.1) is 0 Å². The number of ether oxygens (including phenoxy) is 1. The van der Waals surface area contributed by atoms with Crippen LogP contribution >= 0.6 is 23.2 Å². The standard InChI is InChI=1S/C27H29Cl2N3O4/c1-6-9-31-22-13-23(36-5)16(10-18(22)15(2)14-27(31,3)4)11-19-24(33)30-26(35)32(25(19)34)17-7-8-20(28)21(29)12-17/h7-8,10-13,15H,6,9,14H2,1-5H3,(H,30,33,35)/b19-11-. The molecule has 1 unspecified atom stereocenters. The molecule has 4 amide bonds. The van der Waals surface area contributed by atoms with Gasteiger partial charge in [0.15, 0.2) is 0 Å². The second-order valence-corrected chi connectivity index (χ2v) is 10.6. The second-order valence-electron chi connectivity index (χ2n) is 9.78. The average molecular weight is 530 g/mol. The predicted octanol–water partition coefficient (Wildman–Crippen LogP) is 6.17. The number of rotatable bonds is 5. The van der Waals surface area contributed by atoms with Gasteiger partial charge in [0.2, 0.25) is 0 Å². The highest BCUT2D eigenvalue weighted by Gasteiger charge is 2.39. The number of nitrogens with zero attached hydrogens (tertiary/aromatic N) is 2. The molecule has 36 heavy (non-hydrogen) atoms. The SMILES string of the molecule is CCCN1c2cc(OC)c(/C=C3/C(=O)NC(=O)N(c4ccc(Cl)c(Cl)c4)C3=O)cc2C(C)CC1(C)C. The van der Waals surface area contributed by atoms with E-state index in [9.17, 15) is 14.4 Å². The number of nitrogens with one attached hydrogen (secondary N) is 1. The van der Waals surface area contributed by atoms with Crippen LogP contribution in [0, 0.1) is 0 Å². The number of urea groups is 1. The van der Waals surface area contributed by atoms with Gasteiger partial charge in [-0.2, -0.15) is 0 Å². The quantitative estimate of drug-likeness (QED) is 0.370. The Morgan fingerprint density at radius 3 is 2.50 bits per heavy atom. The molecule has 1 fully saturated rings. The van der Waals surface area contributed by atoms with E-state index >= 15 is 0 Å². The van der Waals surface area contributed by atoms with Crippen LogP contribution in [-0.4, -0.2) is 37.0 Å². The summed E-state index contributed by atoms with van der Waals surface area (Å²) in [5.41, 5.74) is 2.79. The summed E-state index contributed by atoms with van der Waals surface area (Å²) in [7, 11) is 1.56. The van der Waals surface area contributed by atoms with E-state index in [1.54, 1.807) is 7.11 Å². The normalized spacial score (nSPS) is 20.5. The lowest BCUT2D eigenvalue weighted by Gasteiger charge is -2.48. The van der Waals surface area contributed by atoms with Crippen LogP contribution in [-0.2, 0) is 9.59 Å². The van der Waals surface area contributed by atoms with E-state index in [1.807, 2.05) is 12.1 Å². The molecule has 2 heterocycles. The third-order valence-electron chi connectivity index (χ3n) is 6.75. The van der Waals surface area contributed by atoms with Gasteiger partial charge in [0, 0.05) is 29.4 Å². The lowest BCUT2D eigenvalue weighted by Crippen LogP contribution is -2.54. The first-order valence-electron chi connectivity index (χ1n) is 11.8. The van der Waals surface area contributed by atoms with Crippen LogP contribution < -0.4 is 19.9 Å². The Kier molecular flexibility index (Phi) is 7.08. The van der Waals surface area contributed by atoms with E-state index in [1.165, 1.54) is 24.3 Å². The molecule has 0 bridgehead atoms. The molecule has 2 aliphatic heterocycles. The fourth-order valence-electron chi connectivity index (χ4n) is 5.14. The number of anilines is 2. The smallest absolute Gasteiger partial charge is 0.335 e. The van der Waals surface area contributed by atoms with Crippen molar-refractivity contribution in [3.05, 3.63) is 57.1 Å². The number of hydrogen-bond donors (Lipinski definition) is 1. The minimum atomic E-state index is -0.857. The van der Waals surface area contributed by atoms with Crippen molar-refractivity contribution < 1.29 is 19.1 Å². The Morgan fingerprint density at radius 1 is 1.14 bits per heavy atom. The summed E-state index contributed by atoms with van der Waals surface area (Å²) < 4.78 is 5.69. The van der Waals surface area contributed by atoms with Crippen LogP contribution in [0.3, 0.4) is 0 Å². The van der Waals surface area contributed by atoms with Crippen LogP contribution in [0.1, 0.15) is 57.6 Å². The summed E-state index contributed by atoms with van der Waals surface area (Å²) in [5.74, 6) is -0.742. The Balaban J connectivity index is 1.81. The minimum absolute atomic E-state index is 0.0205. The fraction of sp³-hybridized carbons (Fsp3) is 0.370. The maximum Gasteiger partial charge on any atom is 0.335 e. The summed E-state index contributed by atoms with van der Waals surface area (Å²) in [6.07, 6.45) is 3.43. The Hall–Kier alpha value is -3.03. The summed E-state index contributed by atoms with van der Waals surface area (Å²) in [5, 5.41) is 2.70. The maximum atomic E-state index is 13.4. The van der Waals surface area contributed by atoms with Gasteiger partial charge in [0.1, 0.15) is 11.3 Å². The first-order chi connectivity index (χ1) is 17.0. The lowest BCUT2D eigenvalue weighted by molar-refractivity contribution is -0.122. The van der Waals surface area contributed by atoms with Gasteiger partial charge in [0.05, 0.1) is 22.8 Å². The highest BCUT2D eigenvalue weighted by atomic mass is 35.5. The van der Waals surface area contributed by atoms with Crippen molar-refractivity contribution in [1.82, 2.24) is 5.32 Å². The molecule has 2 aromatic rings. The highest BCUT2D eigenvalue weighted by Crippen LogP contribution is 2.46. The lowest BCUT2D eigenvalue weighted by atomic mass is 9.79.